The van der Waals surface area contributed by atoms with Crippen LogP contribution in [0.3, 0.4) is 0 Å². The quantitative estimate of drug-likeness (QED) is 0.614. The maximum Gasteiger partial charge on any atom is 0.416 e. The summed E-state index contributed by atoms with van der Waals surface area (Å²) in [6.07, 6.45) is -2.82. The van der Waals surface area contributed by atoms with Crippen molar-refractivity contribution in [1.29, 1.82) is 0 Å². The van der Waals surface area contributed by atoms with Crippen LogP contribution in [0.1, 0.15) is 25.3 Å². The van der Waals surface area contributed by atoms with E-state index < -0.39 is 29.9 Å². The number of Topliss-reactive ketones (excluding diaryl/α,β-unsaturated/α-hetero) is 1. The molecule has 1 aromatic carbocycles. The summed E-state index contributed by atoms with van der Waals surface area (Å²) in [4.78, 5) is 22.5. The molecule has 0 spiro atoms. The average molecular weight is 372 g/mol. The standard InChI is InChI=1S/C18H19F3O5/c1-11(22)26-16(6-5-12-7-14(23)9-17(12)24)10-25-15-4-2-3-13(8-15)18(19,20)21/h2-6,8,12,16-17,24H,7,9-10H2,1H3/t12-,16+,17+/m0/s1. The predicted molar refractivity (Wildman–Crippen MR) is 85.4 cm³/mol. The summed E-state index contributed by atoms with van der Waals surface area (Å²) in [5, 5.41) is 9.75. The van der Waals surface area contributed by atoms with Crippen LogP contribution in [-0.4, -0.2) is 35.7 Å². The van der Waals surface area contributed by atoms with Gasteiger partial charge in [-0.1, -0.05) is 12.1 Å². The normalized spacial score (nSPS) is 21.8. The molecule has 0 aromatic heterocycles. The summed E-state index contributed by atoms with van der Waals surface area (Å²) in [5.41, 5.74) is -0.845. The monoisotopic (exact) mass is 372 g/mol. The van der Waals surface area contributed by atoms with E-state index in [2.05, 4.69) is 0 Å². The summed E-state index contributed by atoms with van der Waals surface area (Å²) in [6.45, 7) is 0.993. The summed E-state index contributed by atoms with van der Waals surface area (Å²) in [7, 11) is 0. The second kappa shape index (κ2) is 8.35. The fourth-order valence-electron chi connectivity index (χ4n) is 2.61. The van der Waals surface area contributed by atoms with Crippen LogP contribution in [0.15, 0.2) is 36.4 Å². The van der Waals surface area contributed by atoms with Gasteiger partial charge in [-0.15, -0.1) is 0 Å². The number of ether oxygens (including phenoxy) is 2. The lowest BCUT2D eigenvalue weighted by Gasteiger charge is -2.16. The van der Waals surface area contributed by atoms with E-state index in [9.17, 15) is 27.9 Å². The zero-order valence-electron chi connectivity index (χ0n) is 14.0. The molecule has 26 heavy (non-hydrogen) atoms. The second-order valence-corrected chi connectivity index (χ2v) is 6.05. The number of aliphatic hydroxyl groups excluding tert-OH is 1. The number of aliphatic hydroxyl groups is 1. The maximum atomic E-state index is 12.7. The Morgan fingerprint density at radius 1 is 1.38 bits per heavy atom. The van der Waals surface area contributed by atoms with Gasteiger partial charge in [0.05, 0.1) is 11.7 Å². The topological polar surface area (TPSA) is 72.8 Å². The smallest absolute Gasteiger partial charge is 0.416 e. The van der Waals surface area contributed by atoms with Crippen molar-refractivity contribution in [1.82, 2.24) is 0 Å². The molecule has 8 heteroatoms. The second-order valence-electron chi connectivity index (χ2n) is 6.05. The Morgan fingerprint density at radius 2 is 2.12 bits per heavy atom. The van der Waals surface area contributed by atoms with E-state index in [0.717, 1.165) is 12.1 Å². The zero-order valence-corrected chi connectivity index (χ0v) is 14.0. The highest BCUT2D eigenvalue weighted by Gasteiger charge is 2.31. The molecule has 142 valence electrons. The number of halogens is 3. The van der Waals surface area contributed by atoms with E-state index in [1.807, 2.05) is 0 Å². The molecule has 3 atom stereocenters. The lowest BCUT2D eigenvalue weighted by Crippen LogP contribution is -2.23. The van der Waals surface area contributed by atoms with Gasteiger partial charge in [-0.3, -0.25) is 9.59 Å². The van der Waals surface area contributed by atoms with Crippen LogP contribution in [0, 0.1) is 5.92 Å². The molecule has 1 N–H and O–H groups in total. The molecule has 1 aromatic rings. The van der Waals surface area contributed by atoms with Gasteiger partial charge >= 0.3 is 12.1 Å². The van der Waals surface area contributed by atoms with Gasteiger partial charge in [0.1, 0.15) is 18.1 Å². The van der Waals surface area contributed by atoms with E-state index >= 15 is 0 Å². The first-order valence-corrected chi connectivity index (χ1v) is 8.00. The fourth-order valence-corrected chi connectivity index (χ4v) is 2.61. The van der Waals surface area contributed by atoms with Gasteiger partial charge in [-0.05, 0) is 24.3 Å². The minimum absolute atomic E-state index is 0.0125. The van der Waals surface area contributed by atoms with Crippen molar-refractivity contribution in [3.05, 3.63) is 42.0 Å². The molecule has 1 aliphatic carbocycles. The zero-order chi connectivity index (χ0) is 19.3. The number of hydrogen-bond donors (Lipinski definition) is 1. The Bertz CT molecular complexity index is 684. The lowest BCUT2D eigenvalue weighted by molar-refractivity contribution is -0.145. The summed E-state index contributed by atoms with van der Waals surface area (Å²) >= 11 is 0. The molecule has 1 saturated carbocycles. The third-order valence-electron chi connectivity index (χ3n) is 3.86. The highest BCUT2D eigenvalue weighted by atomic mass is 19.4. The van der Waals surface area contributed by atoms with Crippen molar-refractivity contribution >= 4 is 11.8 Å². The molecule has 0 aliphatic heterocycles. The van der Waals surface area contributed by atoms with Gasteiger partial charge in [-0.2, -0.15) is 13.2 Å². The number of esters is 1. The van der Waals surface area contributed by atoms with Crippen LogP contribution in [0.25, 0.3) is 0 Å². The van der Waals surface area contributed by atoms with Crippen LogP contribution in [-0.2, 0) is 20.5 Å². The van der Waals surface area contributed by atoms with Gasteiger partial charge in [0.15, 0.2) is 6.10 Å². The van der Waals surface area contributed by atoms with E-state index in [1.165, 1.54) is 25.1 Å². The molecular weight excluding hydrogens is 353 g/mol. The van der Waals surface area contributed by atoms with Gasteiger partial charge in [-0.25, -0.2) is 0 Å². The first-order valence-electron chi connectivity index (χ1n) is 8.00. The molecule has 0 radical (unpaired) electrons. The van der Waals surface area contributed by atoms with Crippen LogP contribution in [0.2, 0.25) is 0 Å². The van der Waals surface area contributed by atoms with Crippen LogP contribution in [0.4, 0.5) is 13.2 Å². The van der Waals surface area contributed by atoms with E-state index in [0.29, 0.717) is 0 Å². The largest absolute Gasteiger partial charge is 0.489 e. The number of benzene rings is 1. The van der Waals surface area contributed by atoms with Gasteiger partial charge in [0, 0.05) is 25.7 Å². The van der Waals surface area contributed by atoms with Gasteiger partial charge in [0.25, 0.3) is 0 Å². The number of ketones is 1. The third-order valence-corrected chi connectivity index (χ3v) is 3.86. The Balaban J connectivity index is 2.02. The Kier molecular flexibility index (Phi) is 6.42. The highest BCUT2D eigenvalue weighted by molar-refractivity contribution is 5.81. The molecule has 2 rings (SSSR count). The molecule has 0 heterocycles. The maximum absolute atomic E-state index is 12.7. The Labute approximate surface area is 148 Å². The van der Waals surface area contributed by atoms with Crippen molar-refractivity contribution in [2.75, 3.05) is 6.61 Å². The lowest BCUT2D eigenvalue weighted by atomic mass is 10.0. The molecule has 0 bridgehead atoms. The van der Waals surface area contributed by atoms with Crippen LogP contribution >= 0.6 is 0 Å². The van der Waals surface area contributed by atoms with Crippen LogP contribution < -0.4 is 4.74 Å². The Hall–Kier alpha value is -2.35. The van der Waals surface area contributed by atoms with E-state index in [4.69, 9.17) is 9.47 Å². The first-order chi connectivity index (χ1) is 12.1. The molecule has 5 nitrogen and oxygen atoms in total. The summed E-state index contributed by atoms with van der Waals surface area (Å²) in [5.74, 6) is -1.04. The van der Waals surface area contributed by atoms with Crippen LogP contribution in [0.5, 0.6) is 5.75 Å². The number of hydrogen-bond acceptors (Lipinski definition) is 5. The minimum Gasteiger partial charge on any atom is -0.489 e. The molecular formula is C18H19F3O5. The molecule has 0 saturated heterocycles. The molecule has 1 fully saturated rings. The predicted octanol–water partition coefficient (Wildman–Crippen LogP) is 2.91. The number of alkyl halides is 3. The average Bonchev–Trinajstić information content (AvgIpc) is 2.87. The third kappa shape index (κ3) is 5.87. The van der Waals surface area contributed by atoms with Crippen molar-refractivity contribution in [3.63, 3.8) is 0 Å². The van der Waals surface area contributed by atoms with Crippen molar-refractivity contribution in [3.8, 4) is 5.75 Å². The van der Waals surface area contributed by atoms with E-state index in [1.54, 1.807) is 6.08 Å². The highest BCUT2D eigenvalue weighted by Crippen LogP contribution is 2.31. The Morgan fingerprint density at radius 3 is 2.69 bits per heavy atom. The summed E-state index contributed by atoms with van der Waals surface area (Å²) < 4.78 is 48.5. The SMILES string of the molecule is CC(=O)O[C@H](C=C[C@H]1CC(=O)C[C@H]1O)COc1cccc(C(F)(F)F)c1. The summed E-state index contributed by atoms with van der Waals surface area (Å²) in [6, 6.07) is 4.36. The molecule has 0 amide bonds. The number of carbonyl (C=O) groups excluding carboxylic acids is 2. The van der Waals surface area contributed by atoms with Gasteiger partial charge < -0.3 is 14.6 Å². The number of carbonyl (C=O) groups is 2. The van der Waals surface area contributed by atoms with E-state index in [-0.39, 0.29) is 36.9 Å². The molecule has 0 unspecified atom stereocenters. The fraction of sp³-hybridized carbons (Fsp3) is 0.444. The minimum atomic E-state index is -4.49. The van der Waals surface area contributed by atoms with Crippen molar-refractivity contribution in [2.45, 2.75) is 38.1 Å². The number of rotatable bonds is 6. The van der Waals surface area contributed by atoms with Gasteiger partial charge in [0.2, 0.25) is 0 Å². The first kappa shape index (κ1) is 20.0. The van der Waals surface area contributed by atoms with Crippen molar-refractivity contribution < 1.29 is 37.3 Å². The molecule has 1 aliphatic rings. The van der Waals surface area contributed by atoms with Crippen molar-refractivity contribution in [2.24, 2.45) is 5.92 Å².